The molecule has 6 nitrogen and oxygen atoms in total. The quantitative estimate of drug-likeness (QED) is 0.855. The fourth-order valence-electron chi connectivity index (χ4n) is 3.52. The maximum absolute atomic E-state index is 12.8. The molecule has 1 aromatic rings. The molecule has 2 saturated heterocycles. The number of primary sulfonamides is 1. The number of aryl methyl sites for hydroxylation is 1. The molecule has 0 spiro atoms. The van der Waals surface area contributed by atoms with Crippen LogP contribution in [0.2, 0.25) is 0 Å². The molecule has 2 fully saturated rings. The van der Waals surface area contributed by atoms with E-state index in [1.807, 2.05) is 11.8 Å². The van der Waals surface area contributed by atoms with Crippen molar-refractivity contribution < 1.29 is 13.2 Å². The van der Waals surface area contributed by atoms with Crippen molar-refractivity contribution in [2.24, 2.45) is 11.1 Å². The Morgan fingerprint density at radius 2 is 2.05 bits per heavy atom. The third kappa shape index (κ3) is 2.64. The number of likely N-dealkylation sites (N-methyl/N-ethyl adjacent to an activating group) is 1. The molecule has 1 aromatic carbocycles. The van der Waals surface area contributed by atoms with Crippen LogP contribution in [0.5, 0.6) is 0 Å². The lowest BCUT2D eigenvalue weighted by Crippen LogP contribution is -2.35. The molecule has 0 unspecified atom stereocenters. The van der Waals surface area contributed by atoms with Gasteiger partial charge in [0.15, 0.2) is 0 Å². The van der Waals surface area contributed by atoms with Crippen LogP contribution < -0.4 is 5.14 Å². The second kappa shape index (κ2) is 5.33. The number of likely N-dealkylation sites (tertiary alicyclic amines) is 2. The highest BCUT2D eigenvalue weighted by Crippen LogP contribution is 2.31. The first-order valence-corrected chi connectivity index (χ1v) is 8.95. The molecule has 7 heteroatoms. The summed E-state index contributed by atoms with van der Waals surface area (Å²) in [6.07, 6.45) is 1.11. The van der Waals surface area contributed by atoms with Gasteiger partial charge < -0.3 is 9.80 Å². The second-order valence-electron chi connectivity index (χ2n) is 6.33. The summed E-state index contributed by atoms with van der Waals surface area (Å²) in [6.45, 7) is 4.34. The number of rotatable bonds is 2. The Morgan fingerprint density at radius 3 is 2.68 bits per heavy atom. The predicted octanol–water partition coefficient (Wildman–Crippen LogP) is 0.419. The summed E-state index contributed by atoms with van der Waals surface area (Å²) in [5.74, 6) is 0.418. The van der Waals surface area contributed by atoms with Gasteiger partial charge in [-0.25, -0.2) is 13.6 Å². The molecule has 2 heterocycles. The summed E-state index contributed by atoms with van der Waals surface area (Å²) in [5, 5.41) is 5.16. The van der Waals surface area contributed by atoms with Crippen LogP contribution in [-0.4, -0.2) is 56.8 Å². The number of carbonyl (C=O) groups is 1. The minimum atomic E-state index is -3.80. The monoisotopic (exact) mass is 323 g/mol. The third-order valence-corrected chi connectivity index (χ3v) is 5.79. The van der Waals surface area contributed by atoms with E-state index in [1.165, 1.54) is 12.1 Å². The van der Waals surface area contributed by atoms with E-state index in [0.717, 1.165) is 25.1 Å². The summed E-state index contributed by atoms with van der Waals surface area (Å²) >= 11 is 0. The van der Waals surface area contributed by atoms with Gasteiger partial charge in [0.05, 0.1) is 4.90 Å². The Morgan fingerprint density at radius 1 is 1.32 bits per heavy atom. The lowest BCUT2D eigenvalue weighted by Gasteiger charge is -2.21. The molecule has 2 aliphatic rings. The van der Waals surface area contributed by atoms with Gasteiger partial charge in [-0.1, -0.05) is 6.07 Å². The van der Waals surface area contributed by atoms with E-state index in [1.54, 1.807) is 6.07 Å². The lowest BCUT2D eigenvalue weighted by atomic mass is 10.1. The van der Waals surface area contributed by atoms with Gasteiger partial charge in [-0.05, 0) is 50.6 Å². The average molecular weight is 323 g/mol. The molecule has 0 aromatic heterocycles. The average Bonchev–Trinajstić information content (AvgIpc) is 3.00. The molecule has 2 atom stereocenters. The Hall–Kier alpha value is -1.44. The van der Waals surface area contributed by atoms with Gasteiger partial charge in [0, 0.05) is 24.7 Å². The largest absolute Gasteiger partial charge is 0.337 e. The molecule has 1 amide bonds. The summed E-state index contributed by atoms with van der Waals surface area (Å²) in [5.41, 5.74) is 1.19. The molecule has 0 saturated carbocycles. The first kappa shape index (κ1) is 15.5. The molecular formula is C15H21N3O3S. The number of carbonyl (C=O) groups excluding carboxylic acids is 1. The third-order valence-electron chi connectivity index (χ3n) is 4.88. The van der Waals surface area contributed by atoms with Crippen LogP contribution in [0.25, 0.3) is 0 Å². The second-order valence-corrected chi connectivity index (χ2v) is 7.89. The van der Waals surface area contributed by atoms with Crippen molar-refractivity contribution in [2.75, 3.05) is 26.7 Å². The molecule has 120 valence electrons. The number of benzene rings is 1. The first-order valence-electron chi connectivity index (χ1n) is 7.40. The molecular weight excluding hydrogens is 302 g/mol. The summed E-state index contributed by atoms with van der Waals surface area (Å²) in [4.78, 5) is 16.9. The number of nitrogens with two attached hydrogens (primary N) is 1. The van der Waals surface area contributed by atoms with E-state index in [2.05, 4.69) is 11.9 Å². The van der Waals surface area contributed by atoms with Crippen LogP contribution in [0.1, 0.15) is 22.3 Å². The molecule has 0 bridgehead atoms. The van der Waals surface area contributed by atoms with Gasteiger partial charge in [0.2, 0.25) is 10.0 Å². The Kier molecular flexibility index (Phi) is 3.74. The van der Waals surface area contributed by atoms with Gasteiger partial charge in [0.25, 0.3) is 5.91 Å². The minimum Gasteiger partial charge on any atom is -0.337 e. The van der Waals surface area contributed by atoms with Crippen LogP contribution in [-0.2, 0) is 10.0 Å². The van der Waals surface area contributed by atoms with Crippen LogP contribution >= 0.6 is 0 Å². The molecule has 2 aliphatic heterocycles. The molecule has 22 heavy (non-hydrogen) atoms. The summed E-state index contributed by atoms with van der Waals surface area (Å²) in [7, 11) is -1.71. The van der Waals surface area contributed by atoms with Crippen LogP contribution in [0.3, 0.4) is 0 Å². The fourth-order valence-corrected chi connectivity index (χ4v) is 4.06. The first-order chi connectivity index (χ1) is 10.3. The maximum atomic E-state index is 12.8. The minimum absolute atomic E-state index is 0.0158. The molecule has 3 rings (SSSR count). The topological polar surface area (TPSA) is 83.7 Å². The van der Waals surface area contributed by atoms with E-state index >= 15 is 0 Å². The van der Waals surface area contributed by atoms with Crippen LogP contribution in [0.4, 0.5) is 0 Å². The Balaban J connectivity index is 1.87. The lowest BCUT2D eigenvalue weighted by molar-refractivity contribution is 0.0773. The normalized spacial score (nSPS) is 25.5. The number of hydrogen-bond donors (Lipinski definition) is 1. The Bertz CT molecular complexity index is 717. The van der Waals surface area contributed by atoms with Crippen molar-refractivity contribution in [3.05, 3.63) is 29.3 Å². The highest BCUT2D eigenvalue weighted by molar-refractivity contribution is 7.89. The van der Waals surface area contributed by atoms with E-state index in [4.69, 9.17) is 5.14 Å². The summed E-state index contributed by atoms with van der Waals surface area (Å²) in [6, 6.07) is 4.89. The highest BCUT2D eigenvalue weighted by Gasteiger charge is 2.41. The van der Waals surface area contributed by atoms with Crippen molar-refractivity contribution >= 4 is 15.9 Å². The standard InChI is InChI=1S/C15H21N3O3S/c1-10-3-4-12(22(16,20)21)7-13(10)15(19)18-8-11-5-6-17(2)14(11)9-18/h3-4,7,11,14H,5-6,8-9H2,1-2H3,(H2,16,20,21)/t11-,14+/m1/s1. The van der Waals surface area contributed by atoms with Crippen molar-refractivity contribution in [1.29, 1.82) is 0 Å². The molecule has 0 aliphatic carbocycles. The number of amides is 1. The van der Waals surface area contributed by atoms with E-state index in [0.29, 0.717) is 24.1 Å². The van der Waals surface area contributed by atoms with Gasteiger partial charge in [-0.3, -0.25) is 4.79 Å². The predicted molar refractivity (Wildman–Crippen MR) is 83.0 cm³/mol. The van der Waals surface area contributed by atoms with Gasteiger partial charge in [0.1, 0.15) is 0 Å². The van der Waals surface area contributed by atoms with Crippen LogP contribution in [0, 0.1) is 12.8 Å². The number of nitrogens with zero attached hydrogens (tertiary/aromatic N) is 2. The number of hydrogen-bond acceptors (Lipinski definition) is 4. The molecule has 0 radical (unpaired) electrons. The summed E-state index contributed by atoms with van der Waals surface area (Å²) < 4.78 is 23.0. The van der Waals surface area contributed by atoms with E-state index in [-0.39, 0.29) is 10.8 Å². The fraction of sp³-hybridized carbons (Fsp3) is 0.533. The maximum Gasteiger partial charge on any atom is 0.254 e. The van der Waals surface area contributed by atoms with Crippen molar-refractivity contribution in [2.45, 2.75) is 24.3 Å². The number of sulfonamides is 1. The zero-order chi connectivity index (χ0) is 16.1. The number of fused-ring (bicyclic) bond motifs is 1. The van der Waals surface area contributed by atoms with E-state index < -0.39 is 10.0 Å². The smallest absolute Gasteiger partial charge is 0.254 e. The Labute approximate surface area is 130 Å². The zero-order valence-corrected chi connectivity index (χ0v) is 13.6. The van der Waals surface area contributed by atoms with Crippen molar-refractivity contribution in [1.82, 2.24) is 9.80 Å². The van der Waals surface area contributed by atoms with Crippen LogP contribution in [0.15, 0.2) is 23.1 Å². The van der Waals surface area contributed by atoms with Gasteiger partial charge in [-0.2, -0.15) is 0 Å². The zero-order valence-electron chi connectivity index (χ0n) is 12.8. The highest BCUT2D eigenvalue weighted by atomic mass is 32.2. The van der Waals surface area contributed by atoms with Gasteiger partial charge in [-0.15, -0.1) is 0 Å². The SMILES string of the molecule is Cc1ccc(S(N)(=O)=O)cc1C(=O)N1C[C@H]2CCN(C)[C@H]2C1. The van der Waals surface area contributed by atoms with Crippen molar-refractivity contribution in [3.63, 3.8) is 0 Å². The van der Waals surface area contributed by atoms with Gasteiger partial charge >= 0.3 is 0 Å². The molecule has 2 N–H and O–H groups in total. The van der Waals surface area contributed by atoms with E-state index in [9.17, 15) is 13.2 Å². The van der Waals surface area contributed by atoms with Crippen molar-refractivity contribution in [3.8, 4) is 0 Å².